The Morgan fingerprint density at radius 2 is 1.00 bits per heavy atom. The molecule has 0 aromatic heterocycles. The quantitative estimate of drug-likeness (QED) is 0.605. The van der Waals surface area contributed by atoms with E-state index in [2.05, 4.69) is 41.5 Å². The third-order valence-electron chi connectivity index (χ3n) is 4.46. The average molecular weight is 196 g/mol. The second-order valence-corrected chi connectivity index (χ2v) is 6.24. The van der Waals surface area contributed by atoms with Crippen LogP contribution in [0.4, 0.5) is 0 Å². The van der Waals surface area contributed by atoms with E-state index in [1.165, 1.54) is 12.8 Å². The Balaban J connectivity index is 2.62. The van der Waals surface area contributed by atoms with Gasteiger partial charge in [-0.3, -0.25) is 0 Å². The fourth-order valence-electron chi connectivity index (χ4n) is 3.53. The Bertz CT molecular complexity index is 149. The van der Waals surface area contributed by atoms with Crippen LogP contribution in [0.25, 0.3) is 0 Å². The number of hydrogen-bond acceptors (Lipinski definition) is 0. The first-order chi connectivity index (χ1) is 6.43. The molecule has 0 heteroatoms. The molecule has 1 saturated carbocycles. The zero-order valence-corrected chi connectivity index (χ0v) is 10.9. The van der Waals surface area contributed by atoms with Gasteiger partial charge < -0.3 is 0 Å². The molecule has 0 bridgehead atoms. The highest BCUT2D eigenvalue weighted by Gasteiger charge is 2.34. The van der Waals surface area contributed by atoms with Crippen LogP contribution in [0.1, 0.15) is 54.4 Å². The Kier molecular flexibility index (Phi) is 4.04. The van der Waals surface area contributed by atoms with Gasteiger partial charge >= 0.3 is 0 Å². The lowest BCUT2D eigenvalue weighted by molar-refractivity contribution is 0.0749. The minimum atomic E-state index is 0.876. The molecule has 1 aliphatic rings. The van der Waals surface area contributed by atoms with Crippen molar-refractivity contribution < 1.29 is 0 Å². The van der Waals surface area contributed by atoms with Crippen molar-refractivity contribution in [2.75, 3.05) is 0 Å². The molecule has 0 aliphatic heterocycles. The Morgan fingerprint density at radius 3 is 1.21 bits per heavy atom. The molecule has 0 radical (unpaired) electrons. The van der Waals surface area contributed by atoms with Crippen LogP contribution in [-0.2, 0) is 0 Å². The third kappa shape index (κ3) is 2.52. The molecule has 1 fully saturated rings. The van der Waals surface area contributed by atoms with Crippen LogP contribution in [0, 0.1) is 35.5 Å². The fourth-order valence-corrected chi connectivity index (χ4v) is 3.53. The van der Waals surface area contributed by atoms with E-state index in [9.17, 15) is 0 Å². The molecule has 0 spiro atoms. The van der Waals surface area contributed by atoms with Crippen LogP contribution in [0.5, 0.6) is 0 Å². The largest absolute Gasteiger partial charge is 0.0625 e. The van der Waals surface area contributed by atoms with E-state index in [0.29, 0.717) is 0 Å². The molecule has 4 atom stereocenters. The van der Waals surface area contributed by atoms with Gasteiger partial charge in [0.05, 0.1) is 0 Å². The normalized spacial score (nSPS) is 39.4. The first kappa shape index (κ1) is 12.1. The van der Waals surface area contributed by atoms with Crippen molar-refractivity contribution in [3.05, 3.63) is 0 Å². The summed E-state index contributed by atoms with van der Waals surface area (Å²) in [6, 6.07) is 0. The Labute approximate surface area is 90.5 Å². The summed E-state index contributed by atoms with van der Waals surface area (Å²) in [7, 11) is 0. The molecule has 0 heterocycles. The van der Waals surface area contributed by atoms with Crippen LogP contribution >= 0.6 is 0 Å². The molecule has 0 amide bonds. The molecule has 0 N–H and O–H groups in total. The molecule has 1 aliphatic carbocycles. The number of rotatable bonds is 2. The van der Waals surface area contributed by atoms with Crippen molar-refractivity contribution in [3.8, 4) is 0 Å². The fraction of sp³-hybridized carbons (Fsp3) is 1.00. The molecule has 1 rings (SSSR count). The minimum Gasteiger partial charge on any atom is -0.0625 e. The van der Waals surface area contributed by atoms with Gasteiger partial charge in [0.25, 0.3) is 0 Å². The second kappa shape index (κ2) is 4.68. The SMILES string of the molecule is CC(C)[C@@H]1C[C@H](C)[C@H](C(C)C)C[C@@H]1C. The lowest BCUT2D eigenvalue weighted by atomic mass is 9.63. The second-order valence-electron chi connectivity index (χ2n) is 6.24. The van der Waals surface area contributed by atoms with Crippen LogP contribution in [0.2, 0.25) is 0 Å². The lowest BCUT2D eigenvalue weighted by Crippen LogP contribution is -2.34. The summed E-state index contributed by atoms with van der Waals surface area (Å²) in [4.78, 5) is 0. The molecule has 0 unspecified atom stereocenters. The summed E-state index contributed by atoms with van der Waals surface area (Å²) in [6.45, 7) is 14.5. The summed E-state index contributed by atoms with van der Waals surface area (Å²) in [5.74, 6) is 5.58. The topological polar surface area (TPSA) is 0 Å². The zero-order chi connectivity index (χ0) is 10.9. The summed E-state index contributed by atoms with van der Waals surface area (Å²) < 4.78 is 0. The first-order valence-electron chi connectivity index (χ1n) is 6.43. The summed E-state index contributed by atoms with van der Waals surface area (Å²) in [5, 5.41) is 0. The molecule has 14 heavy (non-hydrogen) atoms. The minimum absolute atomic E-state index is 0.876. The lowest BCUT2D eigenvalue weighted by Gasteiger charge is -2.42. The Hall–Kier alpha value is 0. The first-order valence-corrected chi connectivity index (χ1v) is 6.43. The van der Waals surface area contributed by atoms with E-state index in [4.69, 9.17) is 0 Å². The van der Waals surface area contributed by atoms with E-state index in [0.717, 1.165) is 35.5 Å². The summed E-state index contributed by atoms with van der Waals surface area (Å²) in [5.41, 5.74) is 0. The van der Waals surface area contributed by atoms with Crippen molar-refractivity contribution in [2.24, 2.45) is 35.5 Å². The average Bonchev–Trinajstić information content (AvgIpc) is 2.07. The number of hydrogen-bond donors (Lipinski definition) is 0. The molecular weight excluding hydrogens is 168 g/mol. The van der Waals surface area contributed by atoms with Gasteiger partial charge in [0, 0.05) is 0 Å². The van der Waals surface area contributed by atoms with E-state index in [1.54, 1.807) is 0 Å². The van der Waals surface area contributed by atoms with Crippen molar-refractivity contribution in [2.45, 2.75) is 54.4 Å². The van der Waals surface area contributed by atoms with Gasteiger partial charge in [0.1, 0.15) is 0 Å². The van der Waals surface area contributed by atoms with Gasteiger partial charge in [-0.15, -0.1) is 0 Å². The molecule has 0 aromatic rings. The highest BCUT2D eigenvalue weighted by atomic mass is 14.4. The molecule has 0 aromatic carbocycles. The van der Waals surface area contributed by atoms with Gasteiger partial charge in [0.15, 0.2) is 0 Å². The van der Waals surface area contributed by atoms with Gasteiger partial charge in [-0.2, -0.15) is 0 Å². The standard InChI is InChI=1S/C14H28/c1-9(2)13-7-12(6)14(10(3)4)8-11(13)5/h9-14H,7-8H2,1-6H3/t11-,12-,13-,14-/m0/s1. The third-order valence-corrected chi connectivity index (χ3v) is 4.46. The Morgan fingerprint density at radius 1 is 0.714 bits per heavy atom. The van der Waals surface area contributed by atoms with Gasteiger partial charge in [-0.05, 0) is 48.3 Å². The maximum Gasteiger partial charge on any atom is -0.0363 e. The van der Waals surface area contributed by atoms with Crippen molar-refractivity contribution >= 4 is 0 Å². The van der Waals surface area contributed by atoms with E-state index in [1.807, 2.05) is 0 Å². The molecule has 84 valence electrons. The van der Waals surface area contributed by atoms with Gasteiger partial charge in [-0.25, -0.2) is 0 Å². The predicted octanol–water partition coefficient (Wildman–Crippen LogP) is 4.60. The summed E-state index contributed by atoms with van der Waals surface area (Å²) in [6.07, 6.45) is 2.92. The van der Waals surface area contributed by atoms with E-state index < -0.39 is 0 Å². The zero-order valence-electron chi connectivity index (χ0n) is 10.9. The van der Waals surface area contributed by atoms with E-state index >= 15 is 0 Å². The molecular formula is C14H28. The van der Waals surface area contributed by atoms with Crippen LogP contribution in [0.15, 0.2) is 0 Å². The monoisotopic (exact) mass is 196 g/mol. The maximum atomic E-state index is 2.46. The van der Waals surface area contributed by atoms with Crippen LogP contribution in [-0.4, -0.2) is 0 Å². The summed E-state index contributed by atoms with van der Waals surface area (Å²) >= 11 is 0. The van der Waals surface area contributed by atoms with Gasteiger partial charge in [0.2, 0.25) is 0 Å². The van der Waals surface area contributed by atoms with Crippen molar-refractivity contribution in [1.29, 1.82) is 0 Å². The van der Waals surface area contributed by atoms with E-state index in [-0.39, 0.29) is 0 Å². The maximum absolute atomic E-state index is 2.46. The van der Waals surface area contributed by atoms with Gasteiger partial charge in [-0.1, -0.05) is 41.5 Å². The van der Waals surface area contributed by atoms with Crippen molar-refractivity contribution in [1.82, 2.24) is 0 Å². The molecule has 0 saturated heterocycles. The highest BCUT2D eigenvalue weighted by molar-refractivity contribution is 4.84. The van der Waals surface area contributed by atoms with Crippen molar-refractivity contribution in [3.63, 3.8) is 0 Å². The van der Waals surface area contributed by atoms with Crippen LogP contribution in [0.3, 0.4) is 0 Å². The smallest absolute Gasteiger partial charge is 0.0363 e. The highest BCUT2D eigenvalue weighted by Crippen LogP contribution is 2.43. The molecule has 0 nitrogen and oxygen atoms in total. The van der Waals surface area contributed by atoms with Crippen LogP contribution < -0.4 is 0 Å². The predicted molar refractivity (Wildman–Crippen MR) is 64.2 cm³/mol.